The van der Waals surface area contributed by atoms with Gasteiger partial charge in [0.15, 0.2) is 0 Å². The van der Waals surface area contributed by atoms with E-state index in [-0.39, 0.29) is 19.4 Å². The van der Waals surface area contributed by atoms with Crippen LogP contribution in [0.5, 0.6) is 0 Å². The van der Waals surface area contributed by atoms with Gasteiger partial charge in [0.25, 0.3) is 0 Å². The molecule has 1 aliphatic carbocycles. The Morgan fingerprint density at radius 1 is 1.28 bits per heavy atom. The monoisotopic (exact) mass is 270 g/mol. The largest absolute Gasteiger partial charge is 0.359 e. The molecule has 0 amide bonds. The van der Waals surface area contributed by atoms with Crippen molar-refractivity contribution < 1.29 is 9.47 Å². The third-order valence-electron chi connectivity index (χ3n) is 3.32. The van der Waals surface area contributed by atoms with E-state index in [0.29, 0.717) is 12.7 Å². The Morgan fingerprint density at radius 3 is 2.33 bits per heavy atom. The molecular formula is C15H27O2P. The van der Waals surface area contributed by atoms with Crippen molar-refractivity contribution in [3.05, 3.63) is 23.0 Å². The van der Waals surface area contributed by atoms with Crippen LogP contribution in [0.15, 0.2) is 23.0 Å². The molecule has 0 bridgehead atoms. The first kappa shape index (κ1) is 15.9. The van der Waals surface area contributed by atoms with Crippen LogP contribution in [0, 0.1) is 11.3 Å². The first-order chi connectivity index (χ1) is 8.27. The summed E-state index contributed by atoms with van der Waals surface area (Å²) in [5.41, 5.74) is 1.56. The molecule has 1 aliphatic rings. The van der Waals surface area contributed by atoms with E-state index < -0.39 is 0 Å². The molecule has 0 aromatic carbocycles. The van der Waals surface area contributed by atoms with Gasteiger partial charge >= 0.3 is 0 Å². The minimum Gasteiger partial charge on any atom is -0.359 e. The van der Waals surface area contributed by atoms with E-state index in [1.54, 1.807) is 7.11 Å². The van der Waals surface area contributed by atoms with Crippen molar-refractivity contribution in [2.75, 3.05) is 27.2 Å². The maximum atomic E-state index is 5.97. The van der Waals surface area contributed by atoms with Crippen molar-refractivity contribution >= 4 is 7.92 Å². The molecule has 0 saturated carbocycles. The maximum Gasteiger partial charge on any atom is 0.147 e. The van der Waals surface area contributed by atoms with Crippen molar-refractivity contribution in [3.63, 3.8) is 0 Å². The zero-order valence-corrected chi connectivity index (χ0v) is 13.7. The van der Waals surface area contributed by atoms with Crippen LogP contribution < -0.4 is 0 Å². The molecule has 104 valence electrons. The minimum atomic E-state index is -0.135. The van der Waals surface area contributed by atoms with Gasteiger partial charge in [-0.1, -0.05) is 46.4 Å². The molecule has 0 aliphatic heterocycles. The fourth-order valence-electron chi connectivity index (χ4n) is 2.34. The highest BCUT2D eigenvalue weighted by molar-refractivity contribution is 7.60. The van der Waals surface area contributed by atoms with E-state index in [9.17, 15) is 0 Å². The first-order valence-corrected chi connectivity index (χ1v) is 8.69. The van der Waals surface area contributed by atoms with Gasteiger partial charge in [0.2, 0.25) is 0 Å². The molecule has 0 radical (unpaired) electrons. The lowest BCUT2D eigenvalue weighted by atomic mass is 9.74. The van der Waals surface area contributed by atoms with Crippen LogP contribution >= 0.6 is 7.92 Å². The zero-order valence-electron chi connectivity index (χ0n) is 12.8. The minimum absolute atomic E-state index is 0.135. The lowest BCUT2D eigenvalue weighted by Crippen LogP contribution is -2.36. The van der Waals surface area contributed by atoms with Crippen LogP contribution in [-0.2, 0) is 9.47 Å². The average molecular weight is 270 g/mol. The van der Waals surface area contributed by atoms with Gasteiger partial charge in [0.1, 0.15) is 6.79 Å². The Balaban J connectivity index is 3.05. The number of hydrogen-bond acceptors (Lipinski definition) is 2. The van der Waals surface area contributed by atoms with Crippen molar-refractivity contribution in [1.29, 1.82) is 0 Å². The second-order valence-electron chi connectivity index (χ2n) is 6.26. The van der Waals surface area contributed by atoms with Crippen molar-refractivity contribution in [2.45, 2.75) is 33.8 Å². The van der Waals surface area contributed by atoms with Gasteiger partial charge in [-0.2, -0.15) is 0 Å². The van der Waals surface area contributed by atoms with Crippen LogP contribution in [0.4, 0.5) is 0 Å². The van der Waals surface area contributed by atoms with Gasteiger partial charge < -0.3 is 9.47 Å². The number of hydrogen-bond donors (Lipinski definition) is 0. The summed E-state index contributed by atoms with van der Waals surface area (Å²) < 4.78 is 11.1. The molecule has 0 aromatic rings. The summed E-state index contributed by atoms with van der Waals surface area (Å²) in [6.45, 7) is 14.0. The topological polar surface area (TPSA) is 18.5 Å². The molecular weight excluding hydrogens is 243 g/mol. The number of methoxy groups -OCH3 is 1. The lowest BCUT2D eigenvalue weighted by molar-refractivity contribution is -0.0817. The third kappa shape index (κ3) is 3.91. The van der Waals surface area contributed by atoms with Gasteiger partial charge in [-0.15, -0.1) is 0 Å². The number of allylic oxidation sites excluding steroid dienone is 2. The number of rotatable bonds is 4. The second kappa shape index (κ2) is 6.32. The van der Waals surface area contributed by atoms with E-state index in [0.717, 1.165) is 0 Å². The highest BCUT2D eigenvalue weighted by Crippen LogP contribution is 2.48. The van der Waals surface area contributed by atoms with Crippen LogP contribution in [0.3, 0.4) is 0 Å². The molecule has 1 unspecified atom stereocenters. The normalized spacial score (nSPS) is 25.1. The van der Waals surface area contributed by atoms with Crippen molar-refractivity contribution in [1.82, 2.24) is 0 Å². The van der Waals surface area contributed by atoms with E-state index in [1.807, 2.05) is 0 Å². The molecule has 0 heterocycles. The van der Waals surface area contributed by atoms with Crippen LogP contribution in [0.2, 0.25) is 0 Å². The predicted molar refractivity (Wildman–Crippen MR) is 80.3 cm³/mol. The Hall–Kier alpha value is -0.170. The van der Waals surface area contributed by atoms with Gasteiger partial charge in [0, 0.05) is 13.0 Å². The van der Waals surface area contributed by atoms with Gasteiger partial charge in [-0.25, -0.2) is 0 Å². The van der Waals surface area contributed by atoms with Crippen molar-refractivity contribution in [2.24, 2.45) is 11.3 Å². The molecule has 2 atom stereocenters. The standard InChI is InChI=1S/C15H27O2P/c1-11-8-12(15(2,3)4)14(17-10-16-5)13(9-11)18(6)7/h8-9,12,14H,10H2,1-7H3/t12-,14?/m1/s1. The Bertz CT molecular complexity index is 337. The smallest absolute Gasteiger partial charge is 0.147 e. The third-order valence-corrected chi connectivity index (χ3v) is 4.73. The summed E-state index contributed by atoms with van der Waals surface area (Å²) in [7, 11) is 1.55. The molecule has 0 spiro atoms. The Labute approximate surface area is 113 Å². The van der Waals surface area contributed by atoms with E-state index in [1.165, 1.54) is 10.9 Å². The molecule has 0 saturated heterocycles. The molecule has 2 nitrogen and oxygen atoms in total. The highest BCUT2D eigenvalue weighted by atomic mass is 31.1. The SMILES string of the molecule is COCOC1C(P(C)C)=CC(C)=C[C@H]1C(C)(C)C. The summed E-state index contributed by atoms with van der Waals surface area (Å²) in [5.74, 6) is 0.414. The highest BCUT2D eigenvalue weighted by Gasteiger charge is 2.36. The van der Waals surface area contributed by atoms with Crippen LogP contribution in [-0.4, -0.2) is 33.3 Å². The second-order valence-corrected chi connectivity index (χ2v) is 8.57. The fraction of sp³-hybridized carbons (Fsp3) is 0.733. The van der Waals surface area contributed by atoms with Crippen molar-refractivity contribution in [3.8, 4) is 0 Å². The molecule has 18 heavy (non-hydrogen) atoms. The number of ether oxygens (including phenoxy) is 2. The quantitative estimate of drug-likeness (QED) is 0.562. The summed E-state index contributed by atoms with van der Waals surface area (Å²) in [6, 6.07) is 0. The van der Waals surface area contributed by atoms with E-state index in [2.05, 4.69) is 53.2 Å². The summed E-state index contributed by atoms with van der Waals surface area (Å²) >= 11 is 0. The van der Waals surface area contributed by atoms with E-state index in [4.69, 9.17) is 9.47 Å². The van der Waals surface area contributed by atoms with Gasteiger partial charge in [-0.3, -0.25) is 0 Å². The van der Waals surface area contributed by atoms with Gasteiger partial charge in [0.05, 0.1) is 6.10 Å². The van der Waals surface area contributed by atoms with E-state index >= 15 is 0 Å². The average Bonchev–Trinajstić information content (AvgIpc) is 2.25. The maximum absolute atomic E-state index is 5.97. The lowest BCUT2D eigenvalue weighted by Gasteiger charge is -2.40. The molecule has 3 heteroatoms. The predicted octanol–water partition coefficient (Wildman–Crippen LogP) is 4.22. The Morgan fingerprint density at radius 2 is 1.89 bits per heavy atom. The van der Waals surface area contributed by atoms with Crippen LogP contribution in [0.25, 0.3) is 0 Å². The summed E-state index contributed by atoms with van der Waals surface area (Å²) in [5, 5.41) is 1.45. The molecule has 0 N–H and O–H groups in total. The molecule has 0 aromatic heterocycles. The fourth-order valence-corrected chi connectivity index (χ4v) is 3.54. The molecule has 0 fully saturated rings. The Kier molecular flexibility index (Phi) is 5.58. The zero-order chi connectivity index (χ0) is 13.9. The summed E-state index contributed by atoms with van der Waals surface area (Å²) in [6.07, 6.45) is 4.81. The molecule has 1 rings (SSSR count). The van der Waals surface area contributed by atoms with Gasteiger partial charge in [-0.05, 0) is 31.0 Å². The summed E-state index contributed by atoms with van der Waals surface area (Å²) in [4.78, 5) is 0. The first-order valence-electron chi connectivity index (χ1n) is 6.45. The van der Waals surface area contributed by atoms with Crippen LogP contribution in [0.1, 0.15) is 27.7 Å².